The number of nitrogens with one attached hydrogen (secondary N) is 2. The molecule has 2 N–H and O–H groups in total. The van der Waals surface area contributed by atoms with Crippen molar-refractivity contribution < 1.29 is 19.1 Å². The normalized spacial score (nSPS) is 17.2. The maximum atomic E-state index is 12.9. The maximum Gasteiger partial charge on any atom is 0.255 e. The predicted molar refractivity (Wildman–Crippen MR) is 140 cm³/mol. The van der Waals surface area contributed by atoms with E-state index >= 15 is 0 Å². The van der Waals surface area contributed by atoms with E-state index in [1.165, 1.54) is 12.8 Å². The topological polar surface area (TPSA) is 91.0 Å². The van der Waals surface area contributed by atoms with Crippen molar-refractivity contribution in [1.82, 2.24) is 9.80 Å². The van der Waals surface area contributed by atoms with Crippen LogP contribution < -0.4 is 15.4 Å². The monoisotopic (exact) mass is 492 g/mol. The smallest absolute Gasteiger partial charge is 0.255 e. The summed E-state index contributed by atoms with van der Waals surface area (Å²) in [5.74, 6) is 0.785. The van der Waals surface area contributed by atoms with Gasteiger partial charge >= 0.3 is 0 Å². The van der Waals surface area contributed by atoms with Crippen LogP contribution in [0.25, 0.3) is 0 Å². The zero-order valence-electron chi connectivity index (χ0n) is 21.0. The summed E-state index contributed by atoms with van der Waals surface area (Å²) in [7, 11) is 1.59. The van der Waals surface area contributed by atoms with E-state index in [0.717, 1.165) is 57.6 Å². The summed E-state index contributed by atoms with van der Waals surface area (Å²) < 4.78 is 5.13. The number of rotatable bonds is 7. The molecule has 2 heterocycles. The number of methoxy groups -OCH3 is 1. The Labute approximate surface area is 213 Å². The van der Waals surface area contributed by atoms with Crippen LogP contribution in [0.1, 0.15) is 48.9 Å². The van der Waals surface area contributed by atoms with Gasteiger partial charge in [0.2, 0.25) is 11.8 Å². The first-order chi connectivity index (χ1) is 17.5. The fourth-order valence-corrected chi connectivity index (χ4v) is 4.87. The molecule has 3 amide bonds. The van der Waals surface area contributed by atoms with Gasteiger partial charge in [-0.2, -0.15) is 0 Å². The second kappa shape index (κ2) is 12.5. The molecule has 0 spiro atoms. The molecule has 0 saturated carbocycles. The molecule has 0 radical (unpaired) electrons. The molecule has 8 nitrogen and oxygen atoms in total. The quantitative estimate of drug-likeness (QED) is 0.610. The Balaban J connectivity index is 1.20. The summed E-state index contributed by atoms with van der Waals surface area (Å²) in [6.07, 6.45) is 6.27. The van der Waals surface area contributed by atoms with Crippen LogP contribution in [0.15, 0.2) is 48.5 Å². The number of amides is 3. The lowest BCUT2D eigenvalue weighted by Crippen LogP contribution is -2.44. The van der Waals surface area contributed by atoms with Gasteiger partial charge in [0, 0.05) is 35.9 Å². The van der Waals surface area contributed by atoms with Crippen molar-refractivity contribution in [2.45, 2.75) is 38.5 Å². The Kier molecular flexibility index (Phi) is 8.95. The molecular formula is C28H36N4O4. The summed E-state index contributed by atoms with van der Waals surface area (Å²) in [5.41, 5.74) is 1.82. The van der Waals surface area contributed by atoms with Crippen molar-refractivity contribution in [3.8, 4) is 5.75 Å². The highest BCUT2D eigenvalue weighted by molar-refractivity contribution is 6.04. The van der Waals surface area contributed by atoms with Crippen LogP contribution in [0, 0.1) is 5.92 Å². The molecule has 192 valence electrons. The Morgan fingerprint density at radius 3 is 2.00 bits per heavy atom. The Bertz CT molecular complexity index is 1020. The average Bonchev–Trinajstić information content (AvgIpc) is 3.19. The molecular weight excluding hydrogens is 456 g/mol. The van der Waals surface area contributed by atoms with Crippen LogP contribution in [-0.2, 0) is 9.59 Å². The van der Waals surface area contributed by atoms with Crippen molar-refractivity contribution in [3.63, 3.8) is 0 Å². The fraction of sp³-hybridized carbons (Fsp3) is 0.464. The van der Waals surface area contributed by atoms with E-state index in [-0.39, 0.29) is 17.7 Å². The number of nitrogens with zero attached hydrogens (tertiary/aromatic N) is 2. The summed E-state index contributed by atoms with van der Waals surface area (Å²) in [6, 6.07) is 14.0. The van der Waals surface area contributed by atoms with Gasteiger partial charge in [0.25, 0.3) is 5.91 Å². The number of likely N-dealkylation sites (tertiary alicyclic amines) is 2. The third kappa shape index (κ3) is 7.07. The fourth-order valence-electron chi connectivity index (χ4n) is 4.87. The van der Waals surface area contributed by atoms with Crippen LogP contribution in [0.2, 0.25) is 0 Å². The number of hydrogen-bond acceptors (Lipinski definition) is 5. The summed E-state index contributed by atoms with van der Waals surface area (Å²) in [6.45, 7) is 3.58. The standard InChI is InChI=1S/C28H36N4O4/c1-36-25-12-10-24(11-13-25)30-27(34)21-6-8-23(9-7-21)29-26(33)20-31-18-14-22(15-19-31)28(35)32-16-4-2-3-5-17-32/h6-13,22H,2-5,14-20H2,1H3,(H,29,33)(H,30,34). The second-order valence-electron chi connectivity index (χ2n) is 9.60. The lowest BCUT2D eigenvalue weighted by atomic mass is 9.95. The van der Waals surface area contributed by atoms with Gasteiger partial charge in [0.05, 0.1) is 13.7 Å². The van der Waals surface area contributed by atoms with Crippen molar-refractivity contribution in [2.24, 2.45) is 5.92 Å². The minimum absolute atomic E-state index is 0.0824. The first-order valence-electron chi connectivity index (χ1n) is 12.9. The molecule has 2 aliphatic heterocycles. The molecule has 2 aliphatic rings. The van der Waals surface area contributed by atoms with Crippen LogP contribution in [0.4, 0.5) is 11.4 Å². The molecule has 36 heavy (non-hydrogen) atoms. The number of ether oxygens (including phenoxy) is 1. The highest BCUT2D eigenvalue weighted by Crippen LogP contribution is 2.22. The highest BCUT2D eigenvalue weighted by Gasteiger charge is 2.29. The van der Waals surface area contributed by atoms with E-state index in [9.17, 15) is 14.4 Å². The lowest BCUT2D eigenvalue weighted by molar-refractivity contribution is -0.137. The molecule has 2 saturated heterocycles. The van der Waals surface area contributed by atoms with Gasteiger partial charge in [0.1, 0.15) is 5.75 Å². The second-order valence-corrected chi connectivity index (χ2v) is 9.60. The van der Waals surface area contributed by atoms with Crippen LogP contribution in [0.3, 0.4) is 0 Å². The van der Waals surface area contributed by atoms with E-state index in [1.54, 1.807) is 55.6 Å². The van der Waals surface area contributed by atoms with E-state index < -0.39 is 0 Å². The lowest BCUT2D eigenvalue weighted by Gasteiger charge is -2.33. The maximum absolute atomic E-state index is 12.9. The zero-order valence-corrected chi connectivity index (χ0v) is 21.0. The minimum Gasteiger partial charge on any atom is -0.497 e. The van der Waals surface area contributed by atoms with Gasteiger partial charge in [-0.15, -0.1) is 0 Å². The predicted octanol–water partition coefficient (Wildman–Crippen LogP) is 4.00. The van der Waals surface area contributed by atoms with Gasteiger partial charge in [-0.05, 0) is 87.3 Å². The van der Waals surface area contributed by atoms with Gasteiger partial charge in [-0.25, -0.2) is 0 Å². The Morgan fingerprint density at radius 2 is 1.39 bits per heavy atom. The summed E-state index contributed by atoms with van der Waals surface area (Å²) in [5, 5.41) is 5.75. The molecule has 2 fully saturated rings. The molecule has 0 aromatic heterocycles. The third-order valence-corrected chi connectivity index (χ3v) is 7.00. The van der Waals surface area contributed by atoms with Crippen molar-refractivity contribution in [3.05, 3.63) is 54.1 Å². The SMILES string of the molecule is COc1ccc(NC(=O)c2ccc(NC(=O)CN3CCC(C(=O)N4CCCCCC4)CC3)cc2)cc1. The first kappa shape index (κ1) is 25.7. The highest BCUT2D eigenvalue weighted by atomic mass is 16.5. The molecule has 0 bridgehead atoms. The van der Waals surface area contributed by atoms with E-state index in [2.05, 4.69) is 20.4 Å². The summed E-state index contributed by atoms with van der Waals surface area (Å²) in [4.78, 5) is 42.1. The number of carbonyl (C=O) groups excluding carboxylic acids is 3. The number of piperidine rings is 1. The van der Waals surface area contributed by atoms with Crippen LogP contribution >= 0.6 is 0 Å². The molecule has 0 aliphatic carbocycles. The molecule has 0 atom stereocenters. The largest absolute Gasteiger partial charge is 0.497 e. The minimum atomic E-state index is -0.226. The van der Waals surface area contributed by atoms with Crippen LogP contribution in [-0.4, -0.2) is 67.4 Å². The average molecular weight is 493 g/mol. The van der Waals surface area contributed by atoms with E-state index in [4.69, 9.17) is 4.74 Å². The van der Waals surface area contributed by atoms with Crippen LogP contribution in [0.5, 0.6) is 5.75 Å². The molecule has 2 aromatic rings. The van der Waals surface area contributed by atoms with Crippen molar-refractivity contribution in [2.75, 3.05) is 50.5 Å². The Hall–Kier alpha value is -3.39. The first-order valence-corrected chi connectivity index (χ1v) is 12.9. The Morgan fingerprint density at radius 1 is 0.806 bits per heavy atom. The van der Waals surface area contributed by atoms with Gasteiger partial charge < -0.3 is 20.3 Å². The van der Waals surface area contributed by atoms with Gasteiger partial charge in [0.15, 0.2) is 0 Å². The van der Waals surface area contributed by atoms with E-state index in [1.807, 2.05) is 0 Å². The number of hydrogen-bond donors (Lipinski definition) is 2. The number of anilines is 2. The zero-order chi connectivity index (χ0) is 25.3. The molecule has 8 heteroatoms. The van der Waals surface area contributed by atoms with Crippen molar-refractivity contribution in [1.29, 1.82) is 0 Å². The molecule has 4 rings (SSSR count). The van der Waals surface area contributed by atoms with Gasteiger partial charge in [-0.3, -0.25) is 19.3 Å². The number of carbonyl (C=O) groups is 3. The molecule has 0 unspecified atom stereocenters. The van der Waals surface area contributed by atoms with Gasteiger partial charge in [-0.1, -0.05) is 12.8 Å². The van der Waals surface area contributed by atoms with E-state index in [0.29, 0.717) is 29.4 Å². The summed E-state index contributed by atoms with van der Waals surface area (Å²) >= 11 is 0. The third-order valence-electron chi connectivity index (χ3n) is 7.00. The number of benzene rings is 2. The molecule has 2 aromatic carbocycles. The van der Waals surface area contributed by atoms with Crippen molar-refractivity contribution >= 4 is 29.1 Å².